The third kappa shape index (κ3) is 5.62. The minimum atomic E-state index is -0.414. The Hall–Kier alpha value is -4.01. The van der Waals surface area contributed by atoms with E-state index in [9.17, 15) is 14.0 Å². The van der Waals surface area contributed by atoms with Gasteiger partial charge in [-0.3, -0.25) is 9.59 Å². The quantitative estimate of drug-likeness (QED) is 0.556. The van der Waals surface area contributed by atoms with Gasteiger partial charge < -0.3 is 28.8 Å². The summed E-state index contributed by atoms with van der Waals surface area (Å²) >= 11 is 0. The fraction of sp³-hybridized carbons (Fsp3) is 0.250. The van der Waals surface area contributed by atoms with Crippen molar-refractivity contribution in [2.45, 2.75) is 13.5 Å². The fourth-order valence-corrected chi connectivity index (χ4v) is 3.23. The summed E-state index contributed by atoms with van der Waals surface area (Å²) in [7, 11) is 0. The summed E-state index contributed by atoms with van der Waals surface area (Å²) in [5.41, 5.74) is 0.547. The van der Waals surface area contributed by atoms with Crippen LogP contribution in [0.1, 0.15) is 23.2 Å². The van der Waals surface area contributed by atoms with Crippen molar-refractivity contribution in [3.63, 3.8) is 0 Å². The molecular weight excluding hydrogens is 431 g/mol. The van der Waals surface area contributed by atoms with Crippen molar-refractivity contribution in [2.24, 2.45) is 0 Å². The predicted molar refractivity (Wildman–Crippen MR) is 117 cm³/mol. The van der Waals surface area contributed by atoms with Gasteiger partial charge in [0.25, 0.3) is 5.91 Å². The van der Waals surface area contributed by atoms with E-state index in [0.29, 0.717) is 48.5 Å². The number of amides is 2. The van der Waals surface area contributed by atoms with Crippen LogP contribution in [0.3, 0.4) is 0 Å². The lowest BCUT2D eigenvalue weighted by atomic mass is 10.2. The molecule has 9 heteroatoms. The summed E-state index contributed by atoms with van der Waals surface area (Å²) in [4.78, 5) is 26.7. The summed E-state index contributed by atoms with van der Waals surface area (Å²) in [6.07, 6.45) is 0. The minimum absolute atomic E-state index is 0.0790. The van der Waals surface area contributed by atoms with Gasteiger partial charge in [-0.05, 0) is 55.5 Å². The van der Waals surface area contributed by atoms with Crippen molar-refractivity contribution >= 4 is 17.5 Å². The van der Waals surface area contributed by atoms with E-state index in [1.54, 1.807) is 31.2 Å². The number of carbonyl (C=O) groups is 2. The molecule has 0 bridgehead atoms. The first-order chi connectivity index (χ1) is 16.0. The van der Waals surface area contributed by atoms with Crippen LogP contribution < -0.4 is 19.5 Å². The summed E-state index contributed by atoms with van der Waals surface area (Å²) in [6, 6.07) is 13.9. The molecule has 2 heterocycles. The van der Waals surface area contributed by atoms with Crippen molar-refractivity contribution in [2.75, 3.05) is 31.6 Å². The highest BCUT2D eigenvalue weighted by Crippen LogP contribution is 2.32. The number of hydrogen-bond acceptors (Lipinski definition) is 6. The van der Waals surface area contributed by atoms with Gasteiger partial charge in [0.05, 0.1) is 0 Å². The molecule has 0 saturated carbocycles. The summed E-state index contributed by atoms with van der Waals surface area (Å²) in [5, 5.41) is 2.77. The van der Waals surface area contributed by atoms with Gasteiger partial charge >= 0.3 is 0 Å². The van der Waals surface area contributed by atoms with E-state index in [1.807, 2.05) is 0 Å². The Morgan fingerprint density at radius 1 is 1.03 bits per heavy atom. The fourth-order valence-electron chi connectivity index (χ4n) is 3.23. The van der Waals surface area contributed by atoms with Crippen LogP contribution in [-0.4, -0.2) is 43.0 Å². The maximum Gasteiger partial charge on any atom is 0.290 e. The predicted octanol–water partition coefficient (Wildman–Crippen LogP) is 3.87. The number of benzene rings is 2. The van der Waals surface area contributed by atoms with E-state index in [-0.39, 0.29) is 30.6 Å². The SMILES string of the molecule is CCN(CC(=O)Nc1ccc2c(c1)OCCO2)C(=O)c1ccc(COc2ccc(F)cc2)o1. The smallest absolute Gasteiger partial charge is 0.290 e. The monoisotopic (exact) mass is 454 g/mol. The molecule has 33 heavy (non-hydrogen) atoms. The molecule has 4 rings (SSSR count). The van der Waals surface area contributed by atoms with Crippen LogP contribution in [0.4, 0.5) is 10.1 Å². The number of carbonyl (C=O) groups excluding carboxylic acids is 2. The Labute approximate surface area is 189 Å². The van der Waals surface area contributed by atoms with Crippen molar-refractivity contribution in [3.8, 4) is 17.2 Å². The molecule has 2 aromatic carbocycles. The van der Waals surface area contributed by atoms with Crippen LogP contribution in [0.15, 0.2) is 59.0 Å². The van der Waals surface area contributed by atoms with Crippen molar-refractivity contribution in [1.82, 2.24) is 4.90 Å². The van der Waals surface area contributed by atoms with E-state index >= 15 is 0 Å². The highest BCUT2D eigenvalue weighted by molar-refractivity contribution is 5.98. The van der Waals surface area contributed by atoms with Crippen LogP contribution in [0, 0.1) is 5.82 Å². The van der Waals surface area contributed by atoms with E-state index < -0.39 is 5.91 Å². The van der Waals surface area contributed by atoms with Crippen molar-refractivity contribution in [3.05, 3.63) is 71.9 Å². The molecular formula is C24H23FN2O6. The zero-order chi connectivity index (χ0) is 23.2. The van der Waals surface area contributed by atoms with Crippen LogP contribution >= 0.6 is 0 Å². The van der Waals surface area contributed by atoms with E-state index in [1.165, 1.54) is 35.2 Å². The Kier molecular flexibility index (Phi) is 6.77. The molecule has 0 fully saturated rings. The zero-order valence-corrected chi connectivity index (χ0v) is 18.0. The second-order valence-corrected chi connectivity index (χ2v) is 7.23. The Morgan fingerprint density at radius 2 is 1.79 bits per heavy atom. The first kappa shape index (κ1) is 22.2. The molecule has 1 aliphatic heterocycles. The Balaban J connectivity index is 1.33. The second kappa shape index (κ2) is 10.1. The Morgan fingerprint density at radius 3 is 2.55 bits per heavy atom. The maximum atomic E-state index is 13.0. The number of ether oxygens (including phenoxy) is 3. The molecule has 2 amide bonds. The van der Waals surface area contributed by atoms with E-state index in [2.05, 4.69) is 5.32 Å². The highest BCUT2D eigenvalue weighted by atomic mass is 19.1. The number of likely N-dealkylation sites (N-methyl/N-ethyl adjacent to an activating group) is 1. The zero-order valence-electron chi connectivity index (χ0n) is 18.0. The number of halogens is 1. The average molecular weight is 454 g/mol. The highest BCUT2D eigenvalue weighted by Gasteiger charge is 2.21. The number of furan rings is 1. The summed E-state index contributed by atoms with van der Waals surface area (Å²) < 4.78 is 35.1. The van der Waals surface area contributed by atoms with Crippen molar-refractivity contribution < 1.29 is 32.6 Å². The second-order valence-electron chi connectivity index (χ2n) is 7.23. The molecule has 0 unspecified atom stereocenters. The normalized spacial score (nSPS) is 12.2. The lowest BCUT2D eigenvalue weighted by molar-refractivity contribution is -0.116. The van der Waals surface area contributed by atoms with Gasteiger partial charge in [-0.25, -0.2) is 4.39 Å². The number of fused-ring (bicyclic) bond motifs is 1. The molecule has 3 aromatic rings. The summed E-state index contributed by atoms with van der Waals surface area (Å²) in [6.45, 7) is 2.95. The molecule has 0 radical (unpaired) electrons. The van der Waals surface area contributed by atoms with Crippen LogP contribution in [0.5, 0.6) is 17.2 Å². The van der Waals surface area contributed by atoms with E-state index in [0.717, 1.165) is 0 Å². The molecule has 0 spiro atoms. The molecule has 0 atom stereocenters. The van der Waals surface area contributed by atoms with Crippen molar-refractivity contribution in [1.29, 1.82) is 0 Å². The van der Waals surface area contributed by atoms with Crippen LogP contribution in [0.25, 0.3) is 0 Å². The topological polar surface area (TPSA) is 90.2 Å². The van der Waals surface area contributed by atoms with Gasteiger partial charge in [-0.15, -0.1) is 0 Å². The Bertz CT molecular complexity index is 1130. The number of rotatable bonds is 8. The third-order valence-corrected chi connectivity index (χ3v) is 4.90. The molecule has 172 valence electrons. The van der Waals surface area contributed by atoms with Gasteiger partial charge in [0.15, 0.2) is 17.3 Å². The molecule has 0 saturated heterocycles. The summed E-state index contributed by atoms with van der Waals surface area (Å²) in [5.74, 6) is 1.07. The first-order valence-corrected chi connectivity index (χ1v) is 10.5. The third-order valence-electron chi connectivity index (χ3n) is 4.90. The van der Waals surface area contributed by atoms with Gasteiger partial charge in [0.2, 0.25) is 5.91 Å². The molecule has 1 aromatic heterocycles. The van der Waals surface area contributed by atoms with Gasteiger partial charge in [-0.1, -0.05) is 0 Å². The molecule has 8 nitrogen and oxygen atoms in total. The minimum Gasteiger partial charge on any atom is -0.486 e. The average Bonchev–Trinajstić information content (AvgIpc) is 3.31. The number of anilines is 1. The van der Waals surface area contributed by atoms with Gasteiger partial charge in [-0.2, -0.15) is 0 Å². The number of nitrogens with one attached hydrogen (secondary N) is 1. The molecule has 0 aliphatic carbocycles. The molecule has 1 aliphatic rings. The standard InChI is InChI=1S/C24H23FN2O6/c1-2-27(14-23(28)26-17-5-9-20-22(13-17)31-12-11-30-20)24(29)21-10-8-19(33-21)15-32-18-6-3-16(25)4-7-18/h3-10,13H,2,11-12,14-15H2,1H3,(H,26,28). The van der Waals surface area contributed by atoms with E-state index in [4.69, 9.17) is 18.6 Å². The van der Waals surface area contributed by atoms with Crippen LogP contribution in [0.2, 0.25) is 0 Å². The van der Waals surface area contributed by atoms with Crippen LogP contribution in [-0.2, 0) is 11.4 Å². The first-order valence-electron chi connectivity index (χ1n) is 10.5. The lowest BCUT2D eigenvalue weighted by Crippen LogP contribution is -2.37. The molecule has 1 N–H and O–H groups in total. The van der Waals surface area contributed by atoms with Gasteiger partial charge in [0.1, 0.15) is 43.7 Å². The number of nitrogens with zero attached hydrogens (tertiary/aromatic N) is 1. The largest absolute Gasteiger partial charge is 0.486 e. The maximum absolute atomic E-state index is 13.0. The number of hydrogen-bond donors (Lipinski definition) is 1. The van der Waals surface area contributed by atoms with Gasteiger partial charge in [0, 0.05) is 18.3 Å². The lowest BCUT2D eigenvalue weighted by Gasteiger charge is -2.21.